The molecule has 0 aromatic rings. The Kier molecular flexibility index (Phi) is 10.9. The number of esters is 1. The van der Waals surface area contributed by atoms with E-state index in [1.807, 2.05) is 0 Å². The molecule has 3 atom stereocenters. The number of hydrogen-bond acceptors (Lipinski definition) is 6. The fourth-order valence-corrected chi connectivity index (χ4v) is 3.41. The van der Waals surface area contributed by atoms with Crippen molar-refractivity contribution in [1.82, 2.24) is 0 Å². The SMILES string of the molecule is CCCCC[C@@H]1CCCCC[C@@H]2CC(=O)[C@H](CCC(=O)O1)O2.NN. The van der Waals surface area contributed by atoms with Gasteiger partial charge in [-0.25, -0.2) is 0 Å². The van der Waals surface area contributed by atoms with E-state index in [-0.39, 0.29) is 30.1 Å². The van der Waals surface area contributed by atoms with Crippen LogP contribution in [0, 0.1) is 0 Å². The Bertz CT molecular complexity index is 376. The quantitative estimate of drug-likeness (QED) is 0.352. The van der Waals surface area contributed by atoms with Gasteiger partial charge in [0.25, 0.3) is 0 Å². The van der Waals surface area contributed by atoms with Gasteiger partial charge in [0.1, 0.15) is 12.2 Å². The molecule has 24 heavy (non-hydrogen) atoms. The maximum absolute atomic E-state index is 12.0. The second-order valence-corrected chi connectivity index (χ2v) is 6.70. The number of ether oxygens (including phenoxy) is 2. The number of carbonyl (C=O) groups excluding carboxylic acids is 2. The van der Waals surface area contributed by atoms with Gasteiger partial charge in [0, 0.05) is 12.8 Å². The highest BCUT2D eigenvalue weighted by atomic mass is 16.5. The van der Waals surface area contributed by atoms with Crippen LogP contribution in [0.25, 0.3) is 0 Å². The molecule has 0 radical (unpaired) electrons. The lowest BCUT2D eigenvalue weighted by molar-refractivity contribution is -0.150. The van der Waals surface area contributed by atoms with Crippen molar-refractivity contribution in [2.24, 2.45) is 11.7 Å². The zero-order valence-corrected chi connectivity index (χ0v) is 15.0. The number of Topliss-reactive ketones (excluding diaryl/α,β-unsaturated/α-hetero) is 1. The van der Waals surface area contributed by atoms with Crippen molar-refractivity contribution < 1.29 is 19.1 Å². The molecular weight excluding hydrogens is 308 g/mol. The van der Waals surface area contributed by atoms with Gasteiger partial charge in [-0.3, -0.25) is 21.3 Å². The summed E-state index contributed by atoms with van der Waals surface area (Å²) in [5.74, 6) is 8.00. The van der Waals surface area contributed by atoms with Crippen molar-refractivity contribution in [3.63, 3.8) is 0 Å². The summed E-state index contributed by atoms with van der Waals surface area (Å²) in [7, 11) is 0. The Morgan fingerprint density at radius 1 is 1.04 bits per heavy atom. The van der Waals surface area contributed by atoms with E-state index >= 15 is 0 Å². The summed E-state index contributed by atoms with van der Waals surface area (Å²) in [6.45, 7) is 2.18. The van der Waals surface area contributed by atoms with Gasteiger partial charge in [0.05, 0.1) is 6.10 Å². The zero-order chi connectivity index (χ0) is 17.8. The lowest BCUT2D eigenvalue weighted by Gasteiger charge is -2.18. The Morgan fingerprint density at radius 3 is 2.54 bits per heavy atom. The summed E-state index contributed by atoms with van der Waals surface area (Å²) in [6, 6.07) is 0. The van der Waals surface area contributed by atoms with Gasteiger partial charge in [0.15, 0.2) is 5.78 Å². The molecule has 4 N–H and O–H groups in total. The third kappa shape index (κ3) is 7.73. The topological polar surface area (TPSA) is 105 Å². The first-order valence-electron chi connectivity index (χ1n) is 9.40. The number of carbonyl (C=O) groups is 2. The number of rotatable bonds is 4. The number of cyclic esters (lactones) is 1. The molecule has 0 aromatic carbocycles. The van der Waals surface area contributed by atoms with E-state index in [2.05, 4.69) is 18.6 Å². The Hall–Kier alpha value is -0.980. The monoisotopic (exact) mass is 342 g/mol. The lowest BCUT2D eigenvalue weighted by Crippen LogP contribution is -2.21. The largest absolute Gasteiger partial charge is 0.462 e. The lowest BCUT2D eigenvalue weighted by atomic mass is 10.0. The average molecular weight is 342 g/mol. The minimum absolute atomic E-state index is 0.0635. The Morgan fingerprint density at radius 2 is 1.79 bits per heavy atom. The van der Waals surface area contributed by atoms with Crippen LogP contribution in [0.4, 0.5) is 0 Å². The van der Waals surface area contributed by atoms with E-state index < -0.39 is 0 Å². The molecule has 2 fully saturated rings. The molecule has 2 heterocycles. The average Bonchev–Trinajstić information content (AvgIpc) is 2.94. The van der Waals surface area contributed by atoms with Crippen LogP contribution in [0.2, 0.25) is 0 Å². The van der Waals surface area contributed by atoms with Crippen molar-refractivity contribution in [1.29, 1.82) is 0 Å². The predicted octanol–water partition coefficient (Wildman–Crippen LogP) is 2.77. The normalized spacial score (nSPS) is 28.7. The molecule has 0 aromatic heterocycles. The van der Waals surface area contributed by atoms with Crippen molar-refractivity contribution in [2.45, 2.75) is 102 Å². The van der Waals surface area contributed by atoms with E-state index in [0.29, 0.717) is 19.3 Å². The minimum atomic E-state index is -0.378. The first kappa shape index (κ1) is 21.1. The molecule has 140 valence electrons. The maximum Gasteiger partial charge on any atom is 0.306 e. The van der Waals surface area contributed by atoms with Crippen LogP contribution in [0.1, 0.15) is 84.0 Å². The fourth-order valence-electron chi connectivity index (χ4n) is 3.41. The van der Waals surface area contributed by atoms with Crippen LogP contribution in [0.3, 0.4) is 0 Å². The van der Waals surface area contributed by atoms with Crippen LogP contribution < -0.4 is 11.7 Å². The number of nitrogens with two attached hydrogens (primary N) is 2. The molecule has 6 nitrogen and oxygen atoms in total. The summed E-state index contributed by atoms with van der Waals surface area (Å²) in [4.78, 5) is 23.9. The molecule has 2 aliphatic heterocycles. The number of hydrazine groups is 1. The first-order valence-corrected chi connectivity index (χ1v) is 9.40. The molecule has 2 rings (SSSR count). The molecule has 0 saturated carbocycles. The fraction of sp³-hybridized carbons (Fsp3) is 0.889. The van der Waals surface area contributed by atoms with E-state index in [0.717, 1.165) is 44.9 Å². The highest BCUT2D eigenvalue weighted by Gasteiger charge is 2.33. The summed E-state index contributed by atoms with van der Waals surface area (Å²) in [5.41, 5.74) is 0. The first-order chi connectivity index (χ1) is 11.7. The molecule has 0 spiro atoms. The molecular formula is C18H34N2O4. The summed E-state index contributed by atoms with van der Waals surface area (Å²) in [5, 5.41) is 0. The molecule has 2 saturated heterocycles. The number of unbranched alkanes of at least 4 members (excludes halogenated alkanes) is 2. The van der Waals surface area contributed by atoms with Gasteiger partial charge < -0.3 is 9.47 Å². The van der Waals surface area contributed by atoms with Crippen LogP contribution >= 0.6 is 0 Å². The number of ketones is 1. The predicted molar refractivity (Wildman–Crippen MR) is 93.0 cm³/mol. The molecule has 0 aliphatic carbocycles. The smallest absolute Gasteiger partial charge is 0.306 e. The van der Waals surface area contributed by atoms with Gasteiger partial charge in [0.2, 0.25) is 0 Å². The van der Waals surface area contributed by atoms with E-state index in [1.165, 1.54) is 12.8 Å². The van der Waals surface area contributed by atoms with Crippen LogP contribution in [0.15, 0.2) is 0 Å². The number of fused-ring (bicyclic) bond motifs is 2. The second-order valence-electron chi connectivity index (χ2n) is 6.70. The molecule has 0 amide bonds. The summed E-state index contributed by atoms with van der Waals surface area (Å²) in [6.07, 6.45) is 10.8. The minimum Gasteiger partial charge on any atom is -0.462 e. The zero-order valence-electron chi connectivity index (χ0n) is 15.0. The van der Waals surface area contributed by atoms with Crippen molar-refractivity contribution in [3.05, 3.63) is 0 Å². The standard InChI is InChI=1S/C18H30O4.H4N2/c1-2-3-5-8-14-9-6-4-7-10-15-13-16(19)17(21-15)11-12-18(20)22-14;1-2/h14-15,17H,2-13H2,1H3;1-2H2/t14-,15-,17+;/m1./s1. The third-order valence-electron chi connectivity index (χ3n) is 4.74. The van der Waals surface area contributed by atoms with Crippen LogP contribution in [-0.2, 0) is 19.1 Å². The van der Waals surface area contributed by atoms with E-state index in [1.54, 1.807) is 0 Å². The van der Waals surface area contributed by atoms with Gasteiger partial charge >= 0.3 is 5.97 Å². The summed E-state index contributed by atoms with van der Waals surface area (Å²) >= 11 is 0. The van der Waals surface area contributed by atoms with E-state index in [9.17, 15) is 9.59 Å². The van der Waals surface area contributed by atoms with Crippen molar-refractivity contribution in [3.8, 4) is 0 Å². The van der Waals surface area contributed by atoms with Gasteiger partial charge in [-0.1, -0.05) is 32.6 Å². The van der Waals surface area contributed by atoms with Crippen molar-refractivity contribution >= 4 is 11.8 Å². The number of hydrogen-bond donors (Lipinski definition) is 2. The molecule has 6 heteroatoms. The highest BCUT2D eigenvalue weighted by Crippen LogP contribution is 2.26. The maximum atomic E-state index is 12.0. The van der Waals surface area contributed by atoms with Crippen molar-refractivity contribution in [2.75, 3.05) is 0 Å². The third-order valence-corrected chi connectivity index (χ3v) is 4.74. The summed E-state index contributed by atoms with van der Waals surface area (Å²) < 4.78 is 11.4. The second kappa shape index (κ2) is 12.4. The molecule has 0 unspecified atom stereocenters. The Balaban J connectivity index is 0.00000139. The molecule has 2 aliphatic rings. The van der Waals surface area contributed by atoms with Crippen LogP contribution in [0.5, 0.6) is 0 Å². The van der Waals surface area contributed by atoms with E-state index in [4.69, 9.17) is 9.47 Å². The van der Waals surface area contributed by atoms with Gasteiger partial charge in [-0.05, 0) is 38.5 Å². The van der Waals surface area contributed by atoms with Crippen LogP contribution in [-0.4, -0.2) is 30.1 Å². The Labute approximate surface area is 145 Å². The highest BCUT2D eigenvalue weighted by molar-refractivity contribution is 5.85. The molecule has 2 bridgehead atoms. The van der Waals surface area contributed by atoms with Gasteiger partial charge in [-0.15, -0.1) is 0 Å². The van der Waals surface area contributed by atoms with Gasteiger partial charge in [-0.2, -0.15) is 0 Å².